The van der Waals surface area contributed by atoms with E-state index in [2.05, 4.69) is 42.7 Å². The molecule has 1 aliphatic rings. The topological polar surface area (TPSA) is 36.9 Å². The Labute approximate surface area is 128 Å². The lowest BCUT2D eigenvalue weighted by atomic mass is 10.2. The van der Waals surface area contributed by atoms with Gasteiger partial charge in [-0.2, -0.15) is 11.8 Å². The van der Waals surface area contributed by atoms with Crippen LogP contribution in [0.1, 0.15) is 40.5 Å². The highest BCUT2D eigenvalue weighted by Gasteiger charge is 2.28. The number of hydrogen-bond donors (Lipinski definition) is 1. The molecule has 0 aromatic rings. The largest absolute Gasteiger partial charge is 0.382 e. The monoisotopic (exact) mass is 301 g/mol. The first-order chi connectivity index (χ1) is 9.59. The number of aliphatic imine (C=N–C) groups is 1. The molecule has 1 saturated heterocycles. The minimum atomic E-state index is 0.323. The summed E-state index contributed by atoms with van der Waals surface area (Å²) in [4.78, 5) is 7.17. The van der Waals surface area contributed by atoms with Crippen molar-refractivity contribution < 1.29 is 4.74 Å². The van der Waals surface area contributed by atoms with Gasteiger partial charge < -0.3 is 15.0 Å². The molecular weight excluding hydrogens is 270 g/mol. The van der Waals surface area contributed by atoms with E-state index in [4.69, 9.17) is 9.73 Å². The van der Waals surface area contributed by atoms with Crippen LogP contribution in [0.4, 0.5) is 0 Å². The predicted molar refractivity (Wildman–Crippen MR) is 89.8 cm³/mol. The molecule has 0 aliphatic carbocycles. The summed E-state index contributed by atoms with van der Waals surface area (Å²) >= 11 is 2.06. The lowest BCUT2D eigenvalue weighted by Crippen LogP contribution is -2.51. The molecule has 0 unspecified atom stereocenters. The molecule has 118 valence electrons. The van der Waals surface area contributed by atoms with Gasteiger partial charge in [-0.15, -0.1) is 0 Å². The van der Waals surface area contributed by atoms with Gasteiger partial charge in [0.1, 0.15) is 0 Å². The van der Waals surface area contributed by atoms with Gasteiger partial charge in [-0.1, -0.05) is 0 Å². The van der Waals surface area contributed by atoms with Crippen molar-refractivity contribution in [1.29, 1.82) is 0 Å². The Kier molecular flexibility index (Phi) is 8.38. The Morgan fingerprint density at radius 3 is 2.80 bits per heavy atom. The molecule has 4 nitrogen and oxygen atoms in total. The highest BCUT2D eigenvalue weighted by molar-refractivity contribution is 8.00. The quantitative estimate of drug-likeness (QED) is 0.445. The summed E-state index contributed by atoms with van der Waals surface area (Å²) in [5.74, 6) is 2.26. The molecule has 0 bridgehead atoms. The fourth-order valence-corrected chi connectivity index (χ4v) is 3.38. The van der Waals surface area contributed by atoms with Gasteiger partial charge in [0.2, 0.25) is 0 Å². The summed E-state index contributed by atoms with van der Waals surface area (Å²) in [6, 6.07) is 0. The zero-order chi connectivity index (χ0) is 14.8. The summed E-state index contributed by atoms with van der Waals surface area (Å²) < 4.78 is 5.68. The van der Waals surface area contributed by atoms with Crippen molar-refractivity contribution in [2.24, 2.45) is 4.99 Å². The maximum Gasteiger partial charge on any atom is 0.193 e. The number of thioether (sulfide) groups is 1. The average Bonchev–Trinajstić information content (AvgIpc) is 2.40. The van der Waals surface area contributed by atoms with E-state index in [1.54, 1.807) is 0 Å². The Morgan fingerprint density at radius 2 is 2.15 bits per heavy atom. The van der Waals surface area contributed by atoms with Crippen LogP contribution in [-0.2, 0) is 4.74 Å². The third-order valence-electron chi connectivity index (χ3n) is 3.22. The zero-order valence-electron chi connectivity index (χ0n) is 13.6. The zero-order valence-corrected chi connectivity index (χ0v) is 14.4. The molecule has 1 rings (SSSR count). The van der Waals surface area contributed by atoms with Crippen LogP contribution in [0.5, 0.6) is 0 Å². The molecule has 20 heavy (non-hydrogen) atoms. The second-order valence-electron chi connectivity index (χ2n) is 5.67. The minimum absolute atomic E-state index is 0.323. The van der Waals surface area contributed by atoms with E-state index < -0.39 is 0 Å². The van der Waals surface area contributed by atoms with Crippen molar-refractivity contribution in [3.8, 4) is 0 Å². The van der Waals surface area contributed by atoms with Crippen molar-refractivity contribution >= 4 is 17.7 Å². The number of unbranched alkanes of at least 4 members (excludes halogenated alkanes) is 1. The molecule has 0 spiro atoms. The second kappa shape index (κ2) is 9.50. The van der Waals surface area contributed by atoms with Crippen LogP contribution in [0.3, 0.4) is 0 Å². The Hall–Kier alpha value is -0.420. The number of nitrogens with zero attached hydrogens (tertiary/aromatic N) is 2. The summed E-state index contributed by atoms with van der Waals surface area (Å²) in [5, 5.41) is 3.43. The van der Waals surface area contributed by atoms with Crippen LogP contribution >= 0.6 is 11.8 Å². The molecular formula is C15H31N3OS. The van der Waals surface area contributed by atoms with Crippen LogP contribution < -0.4 is 5.32 Å². The first-order valence-corrected chi connectivity index (χ1v) is 8.82. The van der Waals surface area contributed by atoms with Gasteiger partial charge in [0.25, 0.3) is 0 Å². The van der Waals surface area contributed by atoms with Crippen LogP contribution in [0.15, 0.2) is 4.99 Å². The molecule has 0 aromatic heterocycles. The van der Waals surface area contributed by atoms with Gasteiger partial charge in [0, 0.05) is 49.9 Å². The lowest BCUT2D eigenvalue weighted by molar-refractivity contribution is 0.144. The standard InChI is InChI=1S/C15H31N3OS/c1-5-16-14(17-9-7-8-11-19-6-2)18-10-12-20-15(3,4)13-18/h5-13H2,1-4H3,(H,16,17). The molecule has 0 saturated carbocycles. The third-order valence-corrected chi connectivity index (χ3v) is 4.52. The van der Waals surface area contributed by atoms with Gasteiger partial charge in [0.05, 0.1) is 0 Å². The fraction of sp³-hybridized carbons (Fsp3) is 0.933. The molecule has 0 aromatic carbocycles. The predicted octanol–water partition coefficient (Wildman–Crippen LogP) is 2.60. The van der Waals surface area contributed by atoms with Gasteiger partial charge in [-0.05, 0) is 40.5 Å². The van der Waals surface area contributed by atoms with Crippen LogP contribution in [0.2, 0.25) is 0 Å². The van der Waals surface area contributed by atoms with Crippen molar-refractivity contribution in [2.45, 2.75) is 45.3 Å². The van der Waals surface area contributed by atoms with Gasteiger partial charge in [-0.3, -0.25) is 4.99 Å². The highest BCUT2D eigenvalue weighted by atomic mass is 32.2. The van der Waals surface area contributed by atoms with Crippen molar-refractivity contribution in [3.05, 3.63) is 0 Å². The van der Waals surface area contributed by atoms with E-state index in [0.29, 0.717) is 4.75 Å². The fourth-order valence-electron chi connectivity index (χ4n) is 2.27. The number of guanidine groups is 1. The SMILES string of the molecule is CCNC(=NCCCCOCC)N1CCSC(C)(C)C1. The molecule has 0 radical (unpaired) electrons. The van der Waals surface area contributed by atoms with E-state index in [0.717, 1.165) is 58.2 Å². The maximum absolute atomic E-state index is 5.35. The van der Waals surface area contributed by atoms with Crippen molar-refractivity contribution in [1.82, 2.24) is 10.2 Å². The van der Waals surface area contributed by atoms with Gasteiger partial charge in [-0.25, -0.2) is 0 Å². The molecule has 5 heteroatoms. The Bertz CT molecular complexity index is 295. The summed E-state index contributed by atoms with van der Waals surface area (Å²) in [5.41, 5.74) is 0. The van der Waals surface area contributed by atoms with E-state index in [1.165, 1.54) is 5.75 Å². The smallest absolute Gasteiger partial charge is 0.193 e. The summed E-state index contributed by atoms with van der Waals surface area (Å²) in [6.07, 6.45) is 2.19. The van der Waals surface area contributed by atoms with Gasteiger partial charge in [0.15, 0.2) is 5.96 Å². The van der Waals surface area contributed by atoms with Crippen LogP contribution in [0.25, 0.3) is 0 Å². The van der Waals surface area contributed by atoms with Crippen LogP contribution in [-0.4, -0.2) is 60.8 Å². The highest BCUT2D eigenvalue weighted by Crippen LogP contribution is 2.29. The summed E-state index contributed by atoms with van der Waals surface area (Å²) in [7, 11) is 0. The van der Waals surface area contributed by atoms with Crippen molar-refractivity contribution in [3.63, 3.8) is 0 Å². The molecule has 1 fully saturated rings. The molecule has 1 heterocycles. The van der Waals surface area contributed by atoms with E-state index >= 15 is 0 Å². The van der Waals surface area contributed by atoms with E-state index in [1.807, 2.05) is 6.92 Å². The summed E-state index contributed by atoms with van der Waals surface area (Å²) in [6.45, 7) is 14.5. The Balaban J connectivity index is 2.41. The Morgan fingerprint density at radius 1 is 1.35 bits per heavy atom. The number of ether oxygens (including phenoxy) is 1. The number of nitrogens with one attached hydrogen (secondary N) is 1. The first-order valence-electron chi connectivity index (χ1n) is 7.84. The molecule has 1 N–H and O–H groups in total. The third kappa shape index (κ3) is 6.84. The first kappa shape index (κ1) is 17.6. The normalized spacial score (nSPS) is 19.2. The van der Waals surface area contributed by atoms with Crippen molar-refractivity contribution in [2.75, 3.05) is 45.1 Å². The van der Waals surface area contributed by atoms with Gasteiger partial charge >= 0.3 is 0 Å². The molecule has 0 amide bonds. The maximum atomic E-state index is 5.35. The molecule has 1 aliphatic heterocycles. The average molecular weight is 302 g/mol. The van der Waals surface area contributed by atoms with E-state index in [9.17, 15) is 0 Å². The number of hydrogen-bond acceptors (Lipinski definition) is 3. The second-order valence-corrected chi connectivity index (χ2v) is 7.47. The molecule has 0 atom stereocenters. The minimum Gasteiger partial charge on any atom is -0.382 e. The van der Waals surface area contributed by atoms with E-state index in [-0.39, 0.29) is 0 Å². The number of rotatable bonds is 7. The lowest BCUT2D eigenvalue weighted by Gasteiger charge is -2.39. The van der Waals surface area contributed by atoms with Crippen LogP contribution in [0, 0.1) is 0 Å².